The number of amides is 1. The maximum absolute atomic E-state index is 12.4. The SMILES string of the molecule is CC(C)CC(C)N(C)C(=O)c1cc(S)ccc1Br. The van der Waals surface area contributed by atoms with Crippen LogP contribution in [0.25, 0.3) is 0 Å². The summed E-state index contributed by atoms with van der Waals surface area (Å²) in [6, 6.07) is 5.75. The van der Waals surface area contributed by atoms with Crippen molar-refractivity contribution in [3.8, 4) is 0 Å². The summed E-state index contributed by atoms with van der Waals surface area (Å²) >= 11 is 7.70. The summed E-state index contributed by atoms with van der Waals surface area (Å²) in [6.45, 7) is 6.41. The predicted molar refractivity (Wildman–Crippen MR) is 82.4 cm³/mol. The minimum absolute atomic E-state index is 0.0333. The minimum atomic E-state index is 0.0333. The second-order valence-electron chi connectivity index (χ2n) is 5.06. The zero-order valence-electron chi connectivity index (χ0n) is 11.3. The molecule has 0 radical (unpaired) electrons. The molecule has 0 saturated carbocycles. The first-order chi connectivity index (χ1) is 8.32. The quantitative estimate of drug-likeness (QED) is 0.819. The van der Waals surface area contributed by atoms with Crippen LogP contribution in [0.15, 0.2) is 27.6 Å². The Morgan fingerprint density at radius 3 is 2.56 bits per heavy atom. The molecule has 0 bridgehead atoms. The van der Waals surface area contributed by atoms with E-state index >= 15 is 0 Å². The molecular formula is C14H20BrNOS. The fraction of sp³-hybridized carbons (Fsp3) is 0.500. The third-order valence-electron chi connectivity index (χ3n) is 2.97. The van der Waals surface area contributed by atoms with Gasteiger partial charge in [0.05, 0.1) is 5.56 Å². The maximum Gasteiger partial charge on any atom is 0.255 e. The van der Waals surface area contributed by atoms with E-state index < -0.39 is 0 Å². The van der Waals surface area contributed by atoms with Gasteiger partial charge in [0.2, 0.25) is 0 Å². The van der Waals surface area contributed by atoms with Crippen molar-refractivity contribution in [2.75, 3.05) is 7.05 Å². The molecule has 0 aromatic heterocycles. The predicted octanol–water partition coefficient (Wildman–Crippen LogP) is 4.24. The summed E-state index contributed by atoms with van der Waals surface area (Å²) in [5, 5.41) is 0. The lowest BCUT2D eigenvalue weighted by Gasteiger charge is -2.26. The van der Waals surface area contributed by atoms with Gasteiger partial charge in [0.15, 0.2) is 0 Å². The van der Waals surface area contributed by atoms with Crippen molar-refractivity contribution in [1.29, 1.82) is 0 Å². The summed E-state index contributed by atoms with van der Waals surface area (Å²) in [5.41, 5.74) is 0.667. The molecule has 1 amide bonds. The molecule has 0 aliphatic carbocycles. The van der Waals surface area contributed by atoms with Crippen molar-refractivity contribution < 1.29 is 4.79 Å². The summed E-state index contributed by atoms with van der Waals surface area (Å²) in [4.78, 5) is 15.0. The van der Waals surface area contributed by atoms with Crippen LogP contribution >= 0.6 is 28.6 Å². The standard InChI is InChI=1S/C14H20BrNOS/c1-9(2)7-10(3)16(4)14(17)12-8-11(18)5-6-13(12)15/h5-6,8-10,18H,7H2,1-4H3. The number of thiol groups is 1. The molecule has 0 fully saturated rings. The van der Waals surface area contributed by atoms with Gasteiger partial charge >= 0.3 is 0 Å². The molecule has 0 heterocycles. The highest BCUT2D eigenvalue weighted by atomic mass is 79.9. The van der Waals surface area contributed by atoms with E-state index in [2.05, 4.69) is 49.3 Å². The van der Waals surface area contributed by atoms with Gasteiger partial charge in [0.25, 0.3) is 5.91 Å². The molecule has 0 spiro atoms. The van der Waals surface area contributed by atoms with Crippen LogP contribution in [0, 0.1) is 5.92 Å². The third kappa shape index (κ3) is 4.02. The van der Waals surface area contributed by atoms with Crippen molar-refractivity contribution in [3.05, 3.63) is 28.2 Å². The number of nitrogens with zero attached hydrogens (tertiary/aromatic N) is 1. The van der Waals surface area contributed by atoms with Gasteiger partial charge in [-0.25, -0.2) is 0 Å². The van der Waals surface area contributed by atoms with E-state index in [0.717, 1.165) is 15.8 Å². The molecule has 4 heteroatoms. The Kier molecular flexibility index (Phi) is 5.73. The fourth-order valence-electron chi connectivity index (χ4n) is 1.91. The van der Waals surface area contributed by atoms with Gasteiger partial charge in [-0.2, -0.15) is 0 Å². The average molecular weight is 330 g/mol. The molecule has 100 valence electrons. The van der Waals surface area contributed by atoms with Gasteiger partial charge in [-0.1, -0.05) is 13.8 Å². The van der Waals surface area contributed by atoms with E-state index in [-0.39, 0.29) is 11.9 Å². The number of benzene rings is 1. The normalized spacial score (nSPS) is 12.6. The van der Waals surface area contributed by atoms with Gasteiger partial charge in [-0.05, 0) is 53.4 Å². The van der Waals surface area contributed by atoms with Gasteiger partial charge in [-0.3, -0.25) is 4.79 Å². The van der Waals surface area contributed by atoms with Gasteiger partial charge in [0, 0.05) is 22.5 Å². The molecule has 2 nitrogen and oxygen atoms in total. The summed E-state index contributed by atoms with van der Waals surface area (Å²) in [6.07, 6.45) is 1.00. The summed E-state index contributed by atoms with van der Waals surface area (Å²) < 4.78 is 0.814. The Balaban J connectivity index is 2.89. The first-order valence-electron chi connectivity index (χ1n) is 6.08. The summed E-state index contributed by atoms with van der Waals surface area (Å²) in [7, 11) is 1.85. The number of hydrogen-bond acceptors (Lipinski definition) is 2. The lowest BCUT2D eigenvalue weighted by molar-refractivity contribution is 0.0727. The van der Waals surface area contributed by atoms with Crippen molar-refractivity contribution in [3.63, 3.8) is 0 Å². The largest absolute Gasteiger partial charge is 0.339 e. The minimum Gasteiger partial charge on any atom is -0.339 e. The first kappa shape index (κ1) is 15.6. The Morgan fingerprint density at radius 2 is 2.00 bits per heavy atom. The number of halogens is 1. The van der Waals surface area contributed by atoms with E-state index in [1.807, 2.05) is 19.2 Å². The Morgan fingerprint density at radius 1 is 1.39 bits per heavy atom. The molecule has 1 rings (SSSR count). The van der Waals surface area contributed by atoms with E-state index in [4.69, 9.17) is 0 Å². The zero-order chi connectivity index (χ0) is 13.9. The molecule has 1 atom stereocenters. The second kappa shape index (κ2) is 6.62. The summed E-state index contributed by atoms with van der Waals surface area (Å²) in [5.74, 6) is 0.612. The van der Waals surface area contributed by atoms with Crippen LogP contribution < -0.4 is 0 Å². The zero-order valence-corrected chi connectivity index (χ0v) is 13.8. The maximum atomic E-state index is 12.4. The lowest BCUT2D eigenvalue weighted by atomic mass is 10.0. The van der Waals surface area contributed by atoms with Crippen LogP contribution in [-0.4, -0.2) is 23.9 Å². The van der Waals surface area contributed by atoms with Crippen LogP contribution in [0.3, 0.4) is 0 Å². The Hall–Kier alpha value is -0.480. The molecule has 18 heavy (non-hydrogen) atoms. The van der Waals surface area contributed by atoms with Crippen LogP contribution in [0.4, 0.5) is 0 Å². The molecule has 0 N–H and O–H groups in total. The Bertz CT molecular complexity index is 434. The van der Waals surface area contributed by atoms with Gasteiger partial charge in [-0.15, -0.1) is 12.6 Å². The van der Waals surface area contributed by atoms with E-state index in [9.17, 15) is 4.79 Å². The molecule has 1 aromatic rings. The molecule has 1 unspecified atom stereocenters. The van der Waals surface area contributed by atoms with E-state index in [0.29, 0.717) is 11.5 Å². The van der Waals surface area contributed by atoms with Crippen molar-refractivity contribution >= 4 is 34.5 Å². The van der Waals surface area contributed by atoms with Crippen LogP contribution in [-0.2, 0) is 0 Å². The van der Waals surface area contributed by atoms with Crippen LogP contribution in [0.5, 0.6) is 0 Å². The topological polar surface area (TPSA) is 20.3 Å². The van der Waals surface area contributed by atoms with Crippen molar-refractivity contribution in [1.82, 2.24) is 4.90 Å². The number of rotatable bonds is 4. The van der Waals surface area contributed by atoms with Crippen molar-refractivity contribution in [2.24, 2.45) is 5.92 Å². The molecule has 0 aliphatic rings. The van der Waals surface area contributed by atoms with Crippen LogP contribution in [0.2, 0.25) is 0 Å². The highest BCUT2D eigenvalue weighted by Gasteiger charge is 2.20. The van der Waals surface area contributed by atoms with Crippen molar-refractivity contribution in [2.45, 2.75) is 38.1 Å². The van der Waals surface area contributed by atoms with E-state index in [1.54, 1.807) is 11.0 Å². The monoisotopic (exact) mass is 329 g/mol. The molecule has 0 aliphatic heterocycles. The van der Waals surface area contributed by atoms with Gasteiger partial charge < -0.3 is 4.90 Å². The molecular weight excluding hydrogens is 310 g/mol. The van der Waals surface area contributed by atoms with E-state index in [1.165, 1.54) is 0 Å². The fourth-order valence-corrected chi connectivity index (χ4v) is 2.53. The number of carbonyl (C=O) groups excluding carboxylic acids is 1. The third-order valence-corrected chi connectivity index (χ3v) is 3.94. The number of hydrogen-bond donors (Lipinski definition) is 1. The highest BCUT2D eigenvalue weighted by molar-refractivity contribution is 9.10. The van der Waals surface area contributed by atoms with Crippen LogP contribution in [0.1, 0.15) is 37.6 Å². The second-order valence-corrected chi connectivity index (χ2v) is 6.43. The van der Waals surface area contributed by atoms with Gasteiger partial charge in [0.1, 0.15) is 0 Å². The smallest absolute Gasteiger partial charge is 0.255 e. The highest BCUT2D eigenvalue weighted by Crippen LogP contribution is 2.23. The Labute approximate surface area is 123 Å². The lowest BCUT2D eigenvalue weighted by Crippen LogP contribution is -2.36. The average Bonchev–Trinajstić information content (AvgIpc) is 2.29. The molecule has 1 aromatic carbocycles. The molecule has 0 saturated heterocycles. The number of carbonyl (C=O) groups is 1. The first-order valence-corrected chi connectivity index (χ1v) is 7.32.